The van der Waals surface area contributed by atoms with Crippen LogP contribution < -0.4 is 15.2 Å². The van der Waals surface area contributed by atoms with E-state index >= 15 is 0 Å². The van der Waals surface area contributed by atoms with Gasteiger partial charge in [-0.3, -0.25) is 14.5 Å². The van der Waals surface area contributed by atoms with E-state index in [1.165, 1.54) is 26.0 Å². The molecule has 168 valence electrons. The molecule has 0 spiro atoms. The van der Waals surface area contributed by atoms with Crippen LogP contribution in [0, 0.1) is 0 Å². The molecule has 10 heteroatoms. The number of carbonyl (C=O) groups is 3. The lowest BCUT2D eigenvalue weighted by Gasteiger charge is -2.23. The Morgan fingerprint density at radius 1 is 1.06 bits per heavy atom. The quantitative estimate of drug-likeness (QED) is 0.200. The van der Waals surface area contributed by atoms with Gasteiger partial charge in [0.25, 0.3) is 11.8 Å². The topological polar surface area (TPSA) is 121 Å². The van der Waals surface area contributed by atoms with Gasteiger partial charge in [0, 0.05) is 5.56 Å². The molecule has 2 aromatic rings. The summed E-state index contributed by atoms with van der Waals surface area (Å²) in [5, 5.41) is 3.72. The maximum atomic E-state index is 12.9. The first-order valence-electron chi connectivity index (χ1n) is 9.65. The van der Waals surface area contributed by atoms with Gasteiger partial charge < -0.3 is 20.0 Å². The lowest BCUT2D eigenvalue weighted by molar-refractivity contribution is -0.148. The SMILES string of the molecule is COc1ccc(/C(N)=N/OC(=O)C(CCSC)N2C(=O)c3ccccc3C2=O)cc1OC. The minimum atomic E-state index is -1.13. The molecule has 0 aliphatic carbocycles. The third-order valence-corrected chi connectivity index (χ3v) is 5.56. The molecule has 0 radical (unpaired) electrons. The molecule has 0 fully saturated rings. The van der Waals surface area contributed by atoms with E-state index in [0.717, 1.165) is 4.90 Å². The third-order valence-electron chi connectivity index (χ3n) is 4.92. The Labute approximate surface area is 189 Å². The molecule has 32 heavy (non-hydrogen) atoms. The maximum absolute atomic E-state index is 12.9. The Morgan fingerprint density at radius 3 is 2.25 bits per heavy atom. The summed E-state index contributed by atoms with van der Waals surface area (Å²) in [7, 11) is 2.98. The number of hydrogen-bond donors (Lipinski definition) is 1. The number of thioether (sulfide) groups is 1. The largest absolute Gasteiger partial charge is 0.493 e. The molecule has 3 rings (SSSR count). The van der Waals surface area contributed by atoms with Crippen LogP contribution in [0.3, 0.4) is 0 Å². The van der Waals surface area contributed by atoms with Gasteiger partial charge in [0.15, 0.2) is 17.3 Å². The van der Waals surface area contributed by atoms with E-state index in [-0.39, 0.29) is 23.4 Å². The smallest absolute Gasteiger partial charge is 0.357 e. The monoisotopic (exact) mass is 457 g/mol. The number of hydrogen-bond acceptors (Lipinski definition) is 8. The van der Waals surface area contributed by atoms with Crippen LogP contribution in [0.4, 0.5) is 0 Å². The zero-order chi connectivity index (χ0) is 23.3. The molecule has 0 saturated carbocycles. The zero-order valence-electron chi connectivity index (χ0n) is 17.9. The van der Waals surface area contributed by atoms with E-state index in [4.69, 9.17) is 20.0 Å². The average Bonchev–Trinajstić information content (AvgIpc) is 3.07. The molecule has 2 amide bonds. The number of imide groups is 1. The number of amidine groups is 1. The summed E-state index contributed by atoms with van der Waals surface area (Å²) < 4.78 is 10.4. The molecule has 0 bridgehead atoms. The fraction of sp³-hybridized carbons (Fsp3) is 0.273. The van der Waals surface area contributed by atoms with Gasteiger partial charge in [-0.15, -0.1) is 0 Å². The Balaban J connectivity index is 1.81. The minimum absolute atomic E-state index is 0.0784. The zero-order valence-corrected chi connectivity index (χ0v) is 18.7. The number of ether oxygens (including phenoxy) is 2. The second-order valence-electron chi connectivity index (χ2n) is 6.78. The summed E-state index contributed by atoms with van der Waals surface area (Å²) in [6, 6.07) is 10.2. The summed E-state index contributed by atoms with van der Waals surface area (Å²) in [6.07, 6.45) is 2.08. The third kappa shape index (κ3) is 4.54. The summed E-state index contributed by atoms with van der Waals surface area (Å²) in [5.74, 6) is -0.539. The van der Waals surface area contributed by atoms with Crippen molar-refractivity contribution in [2.75, 3.05) is 26.2 Å². The second kappa shape index (κ2) is 10.2. The first-order valence-corrected chi connectivity index (χ1v) is 11.0. The Hall–Kier alpha value is -3.53. The highest BCUT2D eigenvalue weighted by molar-refractivity contribution is 7.98. The van der Waals surface area contributed by atoms with Crippen LogP contribution in [-0.4, -0.2) is 60.8 Å². The molecular weight excluding hydrogens is 434 g/mol. The summed E-state index contributed by atoms with van der Waals surface area (Å²) in [4.78, 5) is 44.5. The van der Waals surface area contributed by atoms with Crippen molar-refractivity contribution in [3.8, 4) is 11.5 Å². The molecule has 1 heterocycles. The first kappa shape index (κ1) is 23.1. The average molecular weight is 458 g/mol. The first-order chi connectivity index (χ1) is 15.4. The molecule has 1 aliphatic heterocycles. The van der Waals surface area contributed by atoms with E-state index in [9.17, 15) is 14.4 Å². The van der Waals surface area contributed by atoms with Crippen molar-refractivity contribution in [2.24, 2.45) is 10.9 Å². The Bertz CT molecular complexity index is 1040. The molecule has 2 aromatic carbocycles. The van der Waals surface area contributed by atoms with E-state index in [1.54, 1.807) is 42.5 Å². The van der Waals surface area contributed by atoms with Crippen molar-refractivity contribution in [2.45, 2.75) is 12.5 Å². The number of carbonyl (C=O) groups excluding carboxylic acids is 3. The van der Waals surface area contributed by atoms with E-state index in [2.05, 4.69) is 5.16 Å². The normalized spacial score (nSPS) is 14.2. The lowest BCUT2D eigenvalue weighted by atomic mass is 10.1. The van der Waals surface area contributed by atoms with Crippen LogP contribution in [0.1, 0.15) is 32.7 Å². The van der Waals surface area contributed by atoms with Crippen molar-refractivity contribution in [3.05, 3.63) is 59.2 Å². The molecule has 0 saturated heterocycles. The fourth-order valence-corrected chi connectivity index (χ4v) is 3.74. The number of amides is 2. The predicted octanol–water partition coefficient (Wildman–Crippen LogP) is 2.29. The number of rotatable bonds is 9. The Morgan fingerprint density at radius 2 is 1.69 bits per heavy atom. The highest BCUT2D eigenvalue weighted by Gasteiger charge is 2.43. The van der Waals surface area contributed by atoms with Gasteiger partial charge in [0.1, 0.15) is 6.04 Å². The van der Waals surface area contributed by atoms with E-state index < -0.39 is 23.8 Å². The number of fused-ring (bicyclic) bond motifs is 1. The van der Waals surface area contributed by atoms with Gasteiger partial charge in [0.05, 0.1) is 25.3 Å². The van der Waals surface area contributed by atoms with Crippen molar-refractivity contribution in [1.29, 1.82) is 0 Å². The lowest BCUT2D eigenvalue weighted by Crippen LogP contribution is -2.45. The van der Waals surface area contributed by atoms with Gasteiger partial charge in [-0.25, -0.2) is 4.79 Å². The molecule has 1 unspecified atom stereocenters. The number of nitrogens with two attached hydrogens (primary N) is 1. The van der Waals surface area contributed by atoms with E-state index in [1.807, 2.05) is 6.26 Å². The van der Waals surface area contributed by atoms with Crippen LogP contribution in [0.15, 0.2) is 47.6 Å². The highest BCUT2D eigenvalue weighted by Crippen LogP contribution is 2.28. The standard InChI is InChI=1S/C22H23N3O6S/c1-29-17-9-8-13(12-18(17)30-2)19(23)24-31-22(28)16(10-11-32-3)25-20(26)14-6-4-5-7-15(14)21(25)27/h4-9,12,16H,10-11H2,1-3H3,(H2,23,24). The highest BCUT2D eigenvalue weighted by atomic mass is 32.2. The minimum Gasteiger partial charge on any atom is -0.493 e. The number of nitrogens with zero attached hydrogens (tertiary/aromatic N) is 2. The molecular formula is C22H23N3O6S. The second-order valence-corrected chi connectivity index (χ2v) is 7.77. The van der Waals surface area contributed by atoms with E-state index in [0.29, 0.717) is 22.8 Å². The van der Waals surface area contributed by atoms with Crippen LogP contribution in [0.2, 0.25) is 0 Å². The van der Waals surface area contributed by atoms with Gasteiger partial charge in [-0.2, -0.15) is 11.8 Å². The van der Waals surface area contributed by atoms with Crippen LogP contribution in [0.5, 0.6) is 11.5 Å². The van der Waals surface area contributed by atoms with Gasteiger partial charge in [-0.05, 0) is 48.8 Å². The summed E-state index contributed by atoms with van der Waals surface area (Å²) in [6.45, 7) is 0. The molecule has 1 aliphatic rings. The molecule has 9 nitrogen and oxygen atoms in total. The van der Waals surface area contributed by atoms with Gasteiger partial charge in [0.2, 0.25) is 0 Å². The molecule has 2 N–H and O–H groups in total. The van der Waals surface area contributed by atoms with Crippen molar-refractivity contribution in [3.63, 3.8) is 0 Å². The van der Waals surface area contributed by atoms with Crippen LogP contribution in [-0.2, 0) is 9.63 Å². The molecule has 0 aromatic heterocycles. The Kier molecular flexibility index (Phi) is 7.37. The van der Waals surface area contributed by atoms with Crippen LogP contribution >= 0.6 is 11.8 Å². The fourth-order valence-electron chi connectivity index (χ4n) is 3.28. The number of benzene rings is 2. The summed E-state index contributed by atoms with van der Waals surface area (Å²) in [5.41, 5.74) is 6.92. The van der Waals surface area contributed by atoms with Crippen molar-refractivity contribution in [1.82, 2.24) is 4.90 Å². The van der Waals surface area contributed by atoms with Gasteiger partial charge in [-0.1, -0.05) is 17.3 Å². The van der Waals surface area contributed by atoms with Crippen molar-refractivity contribution >= 4 is 35.4 Å². The van der Waals surface area contributed by atoms with Crippen molar-refractivity contribution < 1.29 is 28.7 Å². The summed E-state index contributed by atoms with van der Waals surface area (Å²) >= 11 is 1.48. The molecule has 1 atom stereocenters. The maximum Gasteiger partial charge on any atom is 0.357 e. The van der Waals surface area contributed by atoms with Crippen LogP contribution in [0.25, 0.3) is 0 Å². The number of oxime groups is 1. The predicted molar refractivity (Wildman–Crippen MR) is 120 cm³/mol. The number of methoxy groups -OCH3 is 2. The van der Waals surface area contributed by atoms with Gasteiger partial charge >= 0.3 is 5.97 Å².